The molecule has 0 heterocycles. The van der Waals surface area contributed by atoms with Gasteiger partial charge in [0.05, 0.1) is 18.4 Å². The Balaban J connectivity index is 1.20. The molecule has 4 aromatic rings. The highest BCUT2D eigenvalue weighted by Gasteiger charge is 2.16. The molecule has 256 valence electrons. The molecule has 0 saturated carbocycles. The van der Waals surface area contributed by atoms with E-state index in [1.165, 1.54) is 5.56 Å². The van der Waals surface area contributed by atoms with Crippen molar-refractivity contribution in [2.24, 2.45) is 5.73 Å². The van der Waals surface area contributed by atoms with Gasteiger partial charge < -0.3 is 30.9 Å². The monoisotopic (exact) mass is 662 g/mol. The number of nitrogens with one attached hydrogen (secondary N) is 2. The number of amides is 3. The number of carbonyl (C=O) groups excluding carboxylic acids is 2. The molecule has 0 fully saturated rings. The molecule has 1 atom stereocenters. The molecular weight excluding hydrogens is 616 g/mol. The van der Waals surface area contributed by atoms with Gasteiger partial charge in [-0.1, -0.05) is 97.5 Å². The molecule has 0 aromatic heterocycles. The SMILES string of the molecule is NC(=O)Nc1cccc(C#CCCOCCCCCCN(Cc2ccccc2)C[C@H](O)c2ccc(OCc3ccccc3)c(NC=O)c2)c1. The molecule has 9 nitrogen and oxygen atoms in total. The number of aliphatic hydroxyl groups excluding tert-OH is 1. The predicted octanol–water partition coefficient (Wildman–Crippen LogP) is 6.88. The van der Waals surface area contributed by atoms with Gasteiger partial charge in [0.1, 0.15) is 12.4 Å². The highest BCUT2D eigenvalue weighted by atomic mass is 16.5. The van der Waals surface area contributed by atoms with Gasteiger partial charge in [0.15, 0.2) is 0 Å². The van der Waals surface area contributed by atoms with Crippen molar-refractivity contribution in [2.75, 3.05) is 36.9 Å². The van der Waals surface area contributed by atoms with Crippen molar-refractivity contribution in [1.82, 2.24) is 4.90 Å². The number of ether oxygens (including phenoxy) is 2. The van der Waals surface area contributed by atoms with Crippen LogP contribution in [0.4, 0.5) is 16.2 Å². The van der Waals surface area contributed by atoms with Crippen molar-refractivity contribution in [2.45, 2.75) is 51.4 Å². The van der Waals surface area contributed by atoms with E-state index in [2.05, 4.69) is 39.5 Å². The maximum Gasteiger partial charge on any atom is 0.316 e. The maximum atomic E-state index is 11.4. The van der Waals surface area contributed by atoms with Gasteiger partial charge in [-0.25, -0.2) is 4.79 Å². The second kappa shape index (κ2) is 21.0. The van der Waals surface area contributed by atoms with Crippen LogP contribution < -0.4 is 21.1 Å². The van der Waals surface area contributed by atoms with E-state index in [9.17, 15) is 14.7 Å². The summed E-state index contributed by atoms with van der Waals surface area (Å²) in [6.45, 7) is 3.66. The lowest BCUT2D eigenvalue weighted by molar-refractivity contribution is -0.105. The first-order valence-electron chi connectivity index (χ1n) is 16.7. The summed E-state index contributed by atoms with van der Waals surface area (Å²) < 4.78 is 11.8. The van der Waals surface area contributed by atoms with Gasteiger partial charge in [-0.2, -0.15) is 0 Å². The summed E-state index contributed by atoms with van der Waals surface area (Å²) in [6.07, 6.45) is 4.59. The van der Waals surface area contributed by atoms with Crippen molar-refractivity contribution in [1.29, 1.82) is 0 Å². The third-order valence-electron chi connectivity index (χ3n) is 7.77. The summed E-state index contributed by atoms with van der Waals surface area (Å²) in [6, 6.07) is 32.2. The molecule has 4 aromatic carbocycles. The molecule has 0 saturated heterocycles. The third-order valence-corrected chi connectivity index (χ3v) is 7.77. The minimum atomic E-state index is -0.744. The molecule has 0 bridgehead atoms. The van der Waals surface area contributed by atoms with Gasteiger partial charge in [0.25, 0.3) is 0 Å². The molecule has 49 heavy (non-hydrogen) atoms. The molecule has 0 aliphatic heterocycles. The van der Waals surface area contributed by atoms with Gasteiger partial charge in [0, 0.05) is 37.4 Å². The second-order valence-corrected chi connectivity index (χ2v) is 11.7. The first-order valence-corrected chi connectivity index (χ1v) is 16.7. The van der Waals surface area contributed by atoms with Crippen LogP contribution in [0.2, 0.25) is 0 Å². The zero-order chi connectivity index (χ0) is 34.5. The summed E-state index contributed by atoms with van der Waals surface area (Å²) in [5.74, 6) is 6.74. The molecule has 4 rings (SSSR count). The fraction of sp³-hybridized carbons (Fsp3) is 0.300. The van der Waals surface area contributed by atoms with E-state index in [4.69, 9.17) is 15.2 Å². The van der Waals surface area contributed by atoms with Crippen LogP contribution >= 0.6 is 0 Å². The fourth-order valence-electron chi connectivity index (χ4n) is 5.32. The Morgan fingerprint density at radius 1 is 0.878 bits per heavy atom. The number of carbonyl (C=O) groups is 2. The third kappa shape index (κ3) is 13.9. The highest BCUT2D eigenvalue weighted by molar-refractivity contribution is 5.87. The average molecular weight is 663 g/mol. The Kier molecular flexibility index (Phi) is 15.7. The van der Waals surface area contributed by atoms with E-state index in [0.717, 1.165) is 49.9 Å². The Labute approximate surface area is 289 Å². The first-order chi connectivity index (χ1) is 24.0. The van der Waals surface area contributed by atoms with E-state index < -0.39 is 12.1 Å². The highest BCUT2D eigenvalue weighted by Crippen LogP contribution is 2.29. The first kappa shape index (κ1) is 36.7. The number of hydrogen-bond acceptors (Lipinski definition) is 6. The number of urea groups is 1. The number of nitrogens with two attached hydrogens (primary N) is 1. The molecular formula is C40H46N4O5. The normalized spacial score (nSPS) is 11.3. The smallest absolute Gasteiger partial charge is 0.316 e. The molecule has 0 aliphatic rings. The van der Waals surface area contributed by atoms with Crippen LogP contribution in [-0.2, 0) is 22.7 Å². The Bertz CT molecular complexity index is 1640. The van der Waals surface area contributed by atoms with Crippen molar-refractivity contribution in [3.05, 3.63) is 125 Å². The van der Waals surface area contributed by atoms with Crippen molar-refractivity contribution in [3.63, 3.8) is 0 Å². The lowest BCUT2D eigenvalue weighted by atomic mass is 10.1. The average Bonchev–Trinajstić information content (AvgIpc) is 3.11. The summed E-state index contributed by atoms with van der Waals surface area (Å²) >= 11 is 0. The van der Waals surface area contributed by atoms with Gasteiger partial charge in [-0.3, -0.25) is 9.69 Å². The van der Waals surface area contributed by atoms with Crippen LogP contribution in [0, 0.1) is 11.8 Å². The number of aliphatic hydroxyl groups is 1. The number of nitrogens with zero attached hydrogens (tertiary/aromatic N) is 1. The van der Waals surface area contributed by atoms with Crippen LogP contribution in [0.5, 0.6) is 5.75 Å². The van der Waals surface area contributed by atoms with Crippen LogP contribution in [-0.4, -0.2) is 48.8 Å². The number of rotatable bonds is 20. The van der Waals surface area contributed by atoms with Crippen LogP contribution in [0.15, 0.2) is 103 Å². The van der Waals surface area contributed by atoms with Crippen LogP contribution in [0.1, 0.15) is 60.5 Å². The van der Waals surface area contributed by atoms with Gasteiger partial charge in [-0.05, 0) is 66.4 Å². The lowest BCUT2D eigenvalue weighted by Gasteiger charge is -2.26. The zero-order valence-corrected chi connectivity index (χ0v) is 27.9. The Morgan fingerprint density at radius 2 is 1.63 bits per heavy atom. The van der Waals surface area contributed by atoms with Crippen LogP contribution in [0.3, 0.4) is 0 Å². The molecule has 0 spiro atoms. The number of anilines is 2. The van der Waals surface area contributed by atoms with Crippen LogP contribution in [0.25, 0.3) is 0 Å². The Hall–Kier alpha value is -5.14. The van der Waals surface area contributed by atoms with Crippen molar-refractivity contribution >= 4 is 23.8 Å². The zero-order valence-electron chi connectivity index (χ0n) is 27.9. The number of unbranched alkanes of at least 4 members (excludes halogenated alkanes) is 3. The second-order valence-electron chi connectivity index (χ2n) is 11.7. The van der Waals surface area contributed by atoms with E-state index in [-0.39, 0.29) is 0 Å². The number of hydrogen-bond donors (Lipinski definition) is 4. The fourth-order valence-corrected chi connectivity index (χ4v) is 5.32. The summed E-state index contributed by atoms with van der Waals surface area (Å²) in [5, 5.41) is 16.6. The van der Waals surface area contributed by atoms with Gasteiger partial charge in [0.2, 0.25) is 6.41 Å². The topological polar surface area (TPSA) is 126 Å². The minimum absolute atomic E-state index is 0.372. The lowest BCUT2D eigenvalue weighted by Crippen LogP contribution is -2.29. The minimum Gasteiger partial charge on any atom is -0.487 e. The molecule has 0 radical (unpaired) electrons. The predicted molar refractivity (Wildman–Crippen MR) is 194 cm³/mol. The Morgan fingerprint density at radius 3 is 2.39 bits per heavy atom. The van der Waals surface area contributed by atoms with Crippen molar-refractivity contribution in [3.8, 4) is 17.6 Å². The number of primary amides is 1. The quantitative estimate of drug-likeness (QED) is 0.0465. The number of benzene rings is 4. The van der Waals surface area contributed by atoms with Crippen molar-refractivity contribution < 1.29 is 24.2 Å². The van der Waals surface area contributed by atoms with Gasteiger partial charge in [-0.15, -0.1) is 0 Å². The molecule has 3 amide bonds. The molecule has 9 heteroatoms. The summed E-state index contributed by atoms with van der Waals surface area (Å²) in [7, 11) is 0. The maximum absolute atomic E-state index is 11.4. The standard InChI is InChI=1S/C40H46N4O5/c41-40(47)43-36-20-13-19-32(26-36)14-9-12-25-48-24-11-2-1-10-23-44(28-33-15-5-3-6-16-33)29-38(46)35-21-22-39(37(27-35)42-31-45)49-30-34-17-7-4-8-18-34/h3-8,13,15-22,26-27,31,38,46H,1-2,10-12,23-25,28-30H2,(H,42,45)(H3,41,43,47)/t38-/m0/s1. The van der Waals surface area contributed by atoms with Gasteiger partial charge >= 0.3 is 6.03 Å². The van der Waals surface area contributed by atoms with E-state index >= 15 is 0 Å². The van der Waals surface area contributed by atoms with E-state index in [1.807, 2.05) is 66.7 Å². The van der Waals surface area contributed by atoms with E-state index in [1.54, 1.807) is 24.3 Å². The molecule has 0 unspecified atom stereocenters. The summed E-state index contributed by atoms with van der Waals surface area (Å²) in [5.41, 5.74) is 10.0. The molecule has 0 aliphatic carbocycles. The largest absolute Gasteiger partial charge is 0.487 e. The molecule has 5 N–H and O–H groups in total. The summed E-state index contributed by atoms with van der Waals surface area (Å²) in [4.78, 5) is 24.7. The van der Waals surface area contributed by atoms with E-state index in [0.29, 0.717) is 61.9 Å².